The van der Waals surface area contributed by atoms with Crippen LogP contribution in [0.25, 0.3) is 0 Å². The molecule has 1 atom stereocenters. The van der Waals surface area contributed by atoms with Gasteiger partial charge < -0.3 is 14.7 Å². The molecule has 1 aliphatic carbocycles. The van der Waals surface area contributed by atoms with E-state index in [0.29, 0.717) is 16.8 Å². The molecule has 26 heavy (non-hydrogen) atoms. The number of aromatic nitrogens is 1. The highest BCUT2D eigenvalue weighted by atomic mass is 16.5. The quantitative estimate of drug-likeness (QED) is 0.836. The Kier molecular flexibility index (Phi) is 4.00. The van der Waals surface area contributed by atoms with Crippen LogP contribution in [-0.2, 0) is 17.0 Å². The molecule has 0 radical (unpaired) electrons. The number of aliphatic hydroxyl groups is 1. The predicted octanol–water partition coefficient (Wildman–Crippen LogP) is 2.47. The van der Waals surface area contributed by atoms with Crippen molar-refractivity contribution in [3.8, 4) is 0 Å². The summed E-state index contributed by atoms with van der Waals surface area (Å²) in [7, 11) is 0. The summed E-state index contributed by atoms with van der Waals surface area (Å²) in [5, 5.41) is 11.4. The zero-order valence-corrected chi connectivity index (χ0v) is 14.5. The molecule has 134 valence electrons. The van der Waals surface area contributed by atoms with Gasteiger partial charge in [0.15, 0.2) is 5.72 Å². The van der Waals surface area contributed by atoms with E-state index in [2.05, 4.69) is 4.98 Å². The third-order valence-electron chi connectivity index (χ3n) is 4.97. The Morgan fingerprint density at radius 1 is 1.27 bits per heavy atom. The van der Waals surface area contributed by atoms with Crippen LogP contribution in [0.4, 0.5) is 0 Å². The average molecular weight is 352 g/mol. The Hall–Kier alpha value is -2.73. The van der Waals surface area contributed by atoms with E-state index in [1.807, 2.05) is 12.1 Å². The van der Waals surface area contributed by atoms with Crippen LogP contribution in [0, 0.1) is 5.92 Å². The molecule has 2 heterocycles. The van der Waals surface area contributed by atoms with E-state index in [9.17, 15) is 14.7 Å². The van der Waals surface area contributed by atoms with Gasteiger partial charge in [-0.1, -0.05) is 24.3 Å². The molecule has 4 rings (SSSR count). The maximum absolute atomic E-state index is 12.9. The lowest BCUT2D eigenvalue weighted by Gasteiger charge is -2.34. The van der Waals surface area contributed by atoms with E-state index >= 15 is 0 Å². The van der Waals surface area contributed by atoms with E-state index < -0.39 is 11.7 Å². The van der Waals surface area contributed by atoms with E-state index in [4.69, 9.17) is 4.74 Å². The summed E-state index contributed by atoms with van der Waals surface area (Å²) < 4.78 is 4.98. The van der Waals surface area contributed by atoms with Gasteiger partial charge in [-0.2, -0.15) is 0 Å². The lowest BCUT2D eigenvalue weighted by atomic mass is 9.97. The topological polar surface area (TPSA) is 79.7 Å². The van der Waals surface area contributed by atoms with Gasteiger partial charge in [0.1, 0.15) is 5.69 Å². The fourth-order valence-electron chi connectivity index (χ4n) is 3.60. The number of esters is 1. The third kappa shape index (κ3) is 2.57. The number of ether oxygens (including phenoxy) is 1. The number of hydrogen-bond donors (Lipinski definition) is 1. The second-order valence-corrected chi connectivity index (χ2v) is 6.67. The van der Waals surface area contributed by atoms with E-state index in [0.717, 1.165) is 12.8 Å². The molecule has 6 nitrogen and oxygen atoms in total. The second kappa shape index (κ2) is 6.21. The standard InChI is InChI=1S/C20H20N2O4/c1-2-26-19(24)17-9-5-6-14(21-17)12-22-18(23)15-7-3-4-8-16(15)20(22,25)13-10-11-13/h3-9,13,25H,2,10-12H2,1H3. The maximum Gasteiger partial charge on any atom is 0.356 e. The van der Waals surface area contributed by atoms with Gasteiger partial charge in [0, 0.05) is 17.0 Å². The average Bonchev–Trinajstić information content (AvgIpc) is 3.48. The zero-order chi connectivity index (χ0) is 18.3. The minimum atomic E-state index is -1.31. The molecule has 0 saturated heterocycles. The van der Waals surface area contributed by atoms with Crippen molar-refractivity contribution in [1.82, 2.24) is 9.88 Å². The molecule has 2 aromatic rings. The van der Waals surface area contributed by atoms with Crippen LogP contribution in [0.2, 0.25) is 0 Å². The van der Waals surface area contributed by atoms with Gasteiger partial charge in [-0.15, -0.1) is 0 Å². The molecule has 1 aliphatic heterocycles. The molecular formula is C20H20N2O4. The number of fused-ring (bicyclic) bond motifs is 1. The highest BCUT2D eigenvalue weighted by Crippen LogP contribution is 2.52. The van der Waals surface area contributed by atoms with E-state index in [-0.39, 0.29) is 30.7 Å². The number of benzene rings is 1. The van der Waals surface area contributed by atoms with Crippen molar-refractivity contribution in [2.45, 2.75) is 32.0 Å². The fourth-order valence-corrected chi connectivity index (χ4v) is 3.60. The van der Waals surface area contributed by atoms with Crippen LogP contribution in [0.15, 0.2) is 42.5 Å². The van der Waals surface area contributed by atoms with Crippen molar-refractivity contribution in [3.05, 3.63) is 65.0 Å². The molecule has 1 unspecified atom stereocenters. The number of rotatable bonds is 5. The van der Waals surface area contributed by atoms with Crippen molar-refractivity contribution in [2.24, 2.45) is 5.92 Å². The predicted molar refractivity (Wildman–Crippen MR) is 93.1 cm³/mol. The smallest absolute Gasteiger partial charge is 0.356 e. The van der Waals surface area contributed by atoms with Gasteiger partial charge in [0.25, 0.3) is 5.91 Å². The van der Waals surface area contributed by atoms with Crippen molar-refractivity contribution in [3.63, 3.8) is 0 Å². The zero-order valence-electron chi connectivity index (χ0n) is 14.5. The first-order valence-corrected chi connectivity index (χ1v) is 8.82. The van der Waals surface area contributed by atoms with Crippen LogP contribution < -0.4 is 0 Å². The molecular weight excluding hydrogens is 332 g/mol. The number of carbonyl (C=O) groups excluding carboxylic acids is 2. The highest BCUT2D eigenvalue weighted by molar-refractivity contribution is 5.99. The Labute approximate surface area is 151 Å². The summed E-state index contributed by atoms with van der Waals surface area (Å²) in [4.78, 5) is 30.6. The molecule has 1 fully saturated rings. The van der Waals surface area contributed by atoms with Gasteiger partial charge in [0.05, 0.1) is 18.8 Å². The van der Waals surface area contributed by atoms with Gasteiger partial charge >= 0.3 is 5.97 Å². The Morgan fingerprint density at radius 2 is 2.04 bits per heavy atom. The lowest BCUT2D eigenvalue weighted by molar-refractivity contribution is -0.106. The Morgan fingerprint density at radius 3 is 2.77 bits per heavy atom. The van der Waals surface area contributed by atoms with Gasteiger partial charge in [-0.25, -0.2) is 9.78 Å². The molecule has 0 spiro atoms. The fraction of sp³-hybridized carbons (Fsp3) is 0.350. The SMILES string of the molecule is CCOC(=O)c1cccc(CN2C(=O)c3ccccc3C2(O)C2CC2)n1. The van der Waals surface area contributed by atoms with Gasteiger partial charge in [-0.3, -0.25) is 4.79 Å². The lowest BCUT2D eigenvalue weighted by Crippen LogP contribution is -2.45. The first-order chi connectivity index (χ1) is 12.6. The van der Waals surface area contributed by atoms with Crippen molar-refractivity contribution in [2.75, 3.05) is 6.61 Å². The van der Waals surface area contributed by atoms with Gasteiger partial charge in [-0.05, 0) is 38.0 Å². The summed E-state index contributed by atoms with van der Waals surface area (Å²) >= 11 is 0. The summed E-state index contributed by atoms with van der Waals surface area (Å²) in [6, 6.07) is 12.2. The number of nitrogens with zero attached hydrogens (tertiary/aromatic N) is 2. The van der Waals surface area contributed by atoms with E-state index in [1.165, 1.54) is 4.90 Å². The normalized spacial score (nSPS) is 21.6. The van der Waals surface area contributed by atoms with Gasteiger partial charge in [0.2, 0.25) is 0 Å². The van der Waals surface area contributed by atoms with Crippen molar-refractivity contribution in [1.29, 1.82) is 0 Å². The summed E-state index contributed by atoms with van der Waals surface area (Å²) in [5.74, 6) is -0.676. The largest absolute Gasteiger partial charge is 0.461 e. The van der Waals surface area contributed by atoms with Crippen LogP contribution in [-0.4, -0.2) is 33.5 Å². The first kappa shape index (κ1) is 16.7. The number of pyridine rings is 1. The monoisotopic (exact) mass is 352 g/mol. The minimum absolute atomic E-state index is 0.0309. The molecule has 0 bridgehead atoms. The van der Waals surface area contributed by atoms with Crippen molar-refractivity contribution < 1.29 is 19.4 Å². The summed E-state index contributed by atoms with van der Waals surface area (Å²) in [6.45, 7) is 2.14. The Balaban J connectivity index is 1.67. The van der Waals surface area contributed by atoms with Crippen LogP contribution in [0.3, 0.4) is 0 Å². The number of hydrogen-bond acceptors (Lipinski definition) is 5. The number of carbonyl (C=O) groups is 2. The molecule has 1 amide bonds. The molecule has 1 aromatic carbocycles. The third-order valence-corrected chi connectivity index (χ3v) is 4.97. The summed E-state index contributed by atoms with van der Waals surface area (Å²) in [6.07, 6.45) is 1.76. The highest BCUT2D eigenvalue weighted by Gasteiger charge is 2.56. The maximum atomic E-state index is 12.9. The van der Waals surface area contributed by atoms with Crippen LogP contribution in [0.1, 0.15) is 51.9 Å². The molecule has 2 aliphatic rings. The second-order valence-electron chi connectivity index (χ2n) is 6.67. The van der Waals surface area contributed by atoms with Crippen LogP contribution >= 0.6 is 0 Å². The Bertz CT molecular complexity index is 878. The molecule has 1 aromatic heterocycles. The number of amides is 1. The first-order valence-electron chi connectivity index (χ1n) is 8.82. The molecule has 1 saturated carbocycles. The summed E-state index contributed by atoms with van der Waals surface area (Å²) in [5.41, 5.74) is 0.617. The minimum Gasteiger partial charge on any atom is -0.461 e. The molecule has 1 N–H and O–H groups in total. The van der Waals surface area contributed by atoms with Crippen LogP contribution in [0.5, 0.6) is 0 Å². The van der Waals surface area contributed by atoms with Crippen molar-refractivity contribution >= 4 is 11.9 Å². The van der Waals surface area contributed by atoms with E-state index in [1.54, 1.807) is 37.3 Å². The molecule has 6 heteroatoms.